The molecule has 1 aliphatic carbocycles. The monoisotopic (exact) mass is 566 g/mol. The third kappa shape index (κ3) is 6.74. The summed E-state index contributed by atoms with van der Waals surface area (Å²) in [5.41, 5.74) is 2.09. The van der Waals surface area contributed by atoms with Gasteiger partial charge in [-0.05, 0) is 86.0 Å². The van der Waals surface area contributed by atoms with E-state index in [9.17, 15) is 18.0 Å². The van der Waals surface area contributed by atoms with Crippen LogP contribution in [0.1, 0.15) is 64.8 Å². The van der Waals surface area contributed by atoms with Crippen LogP contribution in [-0.4, -0.2) is 47.2 Å². The molecule has 1 fully saturated rings. The van der Waals surface area contributed by atoms with Gasteiger partial charge in [0, 0.05) is 23.2 Å². The molecule has 1 aliphatic rings. The van der Waals surface area contributed by atoms with Gasteiger partial charge >= 0.3 is 5.97 Å². The number of ether oxygens (including phenoxy) is 3. The van der Waals surface area contributed by atoms with Gasteiger partial charge < -0.3 is 19.5 Å². The first-order chi connectivity index (χ1) is 19.2. The van der Waals surface area contributed by atoms with Crippen LogP contribution in [0.4, 0.5) is 5.69 Å². The predicted octanol–water partition coefficient (Wildman–Crippen LogP) is 5.14. The summed E-state index contributed by atoms with van der Waals surface area (Å²) in [5.74, 6) is 0.735. The van der Waals surface area contributed by atoms with Gasteiger partial charge in [0.1, 0.15) is 0 Å². The van der Waals surface area contributed by atoms with Crippen molar-refractivity contribution in [1.29, 1.82) is 0 Å². The summed E-state index contributed by atoms with van der Waals surface area (Å²) >= 11 is 0. The molecule has 212 valence electrons. The number of anilines is 1. The minimum Gasteiger partial charge on any atom is -0.493 e. The Hall–Kier alpha value is -4.05. The van der Waals surface area contributed by atoms with E-state index in [-0.39, 0.29) is 28.3 Å². The number of rotatable bonds is 10. The maximum Gasteiger partial charge on any atom is 0.337 e. The van der Waals surface area contributed by atoms with Gasteiger partial charge in [-0.25, -0.2) is 13.2 Å². The van der Waals surface area contributed by atoms with Crippen LogP contribution in [0, 0.1) is 0 Å². The Morgan fingerprint density at radius 1 is 0.875 bits per heavy atom. The highest BCUT2D eigenvalue weighted by Gasteiger charge is 2.29. The molecule has 1 amide bonds. The van der Waals surface area contributed by atoms with Gasteiger partial charge in [0.15, 0.2) is 11.5 Å². The number of amides is 1. The van der Waals surface area contributed by atoms with Crippen molar-refractivity contribution in [1.82, 2.24) is 5.32 Å². The first-order valence-electron chi connectivity index (χ1n) is 13.2. The maximum atomic E-state index is 13.2. The fourth-order valence-electron chi connectivity index (χ4n) is 4.94. The van der Waals surface area contributed by atoms with Crippen molar-refractivity contribution in [2.75, 3.05) is 25.5 Å². The molecule has 3 aromatic carbocycles. The topological polar surface area (TPSA) is 120 Å². The average Bonchev–Trinajstić information content (AvgIpc) is 2.97. The van der Waals surface area contributed by atoms with Crippen molar-refractivity contribution >= 4 is 27.6 Å². The van der Waals surface area contributed by atoms with Gasteiger partial charge in [-0.3, -0.25) is 9.52 Å². The fraction of sp³-hybridized carbons (Fsp3) is 0.333. The highest BCUT2D eigenvalue weighted by molar-refractivity contribution is 7.92. The number of hydrogen-bond donors (Lipinski definition) is 2. The standard InChI is InChI=1S/C30H34N2O7S/c1-4-39-28-19-22(13-18-27(28)37-2)25-7-5-6-8-26(25)31-29(33)20-9-14-23(15-10-20)32-40(35,36)24-16-11-21(12-17-24)30(34)38-3/h9-19,25-26,32H,4-8H2,1-3H3,(H,31,33)/t25-,26-/m1/s1. The van der Waals surface area contributed by atoms with E-state index in [1.54, 1.807) is 31.4 Å². The zero-order valence-corrected chi connectivity index (χ0v) is 23.6. The normalized spacial score (nSPS) is 17.0. The third-order valence-electron chi connectivity index (χ3n) is 6.98. The predicted molar refractivity (Wildman–Crippen MR) is 152 cm³/mol. The van der Waals surface area contributed by atoms with Crippen LogP contribution in [0.3, 0.4) is 0 Å². The van der Waals surface area contributed by atoms with Gasteiger partial charge in [0.25, 0.3) is 15.9 Å². The number of methoxy groups -OCH3 is 2. The molecule has 4 rings (SSSR count). The van der Waals surface area contributed by atoms with Crippen LogP contribution in [0.15, 0.2) is 71.6 Å². The number of carbonyl (C=O) groups excluding carboxylic acids is 2. The van der Waals surface area contributed by atoms with Crippen LogP contribution in [0.5, 0.6) is 11.5 Å². The second-order valence-corrected chi connectivity index (χ2v) is 11.2. The second kappa shape index (κ2) is 12.9. The van der Waals surface area contributed by atoms with Gasteiger partial charge in [0.05, 0.1) is 31.3 Å². The lowest BCUT2D eigenvalue weighted by Gasteiger charge is -2.33. The zero-order valence-electron chi connectivity index (χ0n) is 22.8. The minimum atomic E-state index is -3.89. The Labute approximate surface area is 234 Å². The molecule has 0 spiro atoms. The number of nitrogens with one attached hydrogen (secondary N) is 2. The van der Waals surface area contributed by atoms with Crippen LogP contribution >= 0.6 is 0 Å². The summed E-state index contributed by atoms with van der Waals surface area (Å²) in [6.07, 6.45) is 3.91. The number of carbonyl (C=O) groups is 2. The zero-order chi connectivity index (χ0) is 28.7. The van der Waals surface area contributed by atoms with E-state index in [2.05, 4.69) is 14.8 Å². The number of benzene rings is 3. The maximum absolute atomic E-state index is 13.2. The van der Waals surface area contributed by atoms with Gasteiger partial charge in [-0.15, -0.1) is 0 Å². The van der Waals surface area contributed by atoms with Crippen molar-refractivity contribution in [2.45, 2.75) is 49.5 Å². The molecule has 0 radical (unpaired) electrons. The van der Waals surface area contributed by atoms with Crippen LogP contribution in [-0.2, 0) is 14.8 Å². The van der Waals surface area contributed by atoms with E-state index in [0.29, 0.717) is 29.4 Å². The van der Waals surface area contributed by atoms with Gasteiger partial charge in [0.2, 0.25) is 0 Å². The van der Waals surface area contributed by atoms with Crippen molar-refractivity contribution in [2.24, 2.45) is 0 Å². The SMILES string of the molecule is CCOc1cc([C@H]2CCCC[C@H]2NC(=O)c2ccc(NS(=O)(=O)c3ccc(C(=O)OC)cc3)cc2)ccc1OC. The molecule has 2 N–H and O–H groups in total. The Balaban J connectivity index is 1.43. The molecule has 9 nitrogen and oxygen atoms in total. The molecule has 3 aromatic rings. The Morgan fingerprint density at radius 3 is 2.20 bits per heavy atom. The molecular formula is C30H34N2O7S. The third-order valence-corrected chi connectivity index (χ3v) is 8.38. The van der Waals surface area contributed by atoms with Crippen LogP contribution in [0.2, 0.25) is 0 Å². The molecule has 40 heavy (non-hydrogen) atoms. The first-order valence-corrected chi connectivity index (χ1v) is 14.7. The van der Waals surface area contributed by atoms with Gasteiger partial charge in [-0.1, -0.05) is 18.9 Å². The van der Waals surface area contributed by atoms with Crippen molar-refractivity contribution in [3.05, 3.63) is 83.4 Å². The number of esters is 1. The Bertz CT molecular complexity index is 1440. The largest absolute Gasteiger partial charge is 0.493 e. The highest BCUT2D eigenvalue weighted by Crippen LogP contribution is 2.38. The Morgan fingerprint density at radius 2 is 1.55 bits per heavy atom. The smallest absolute Gasteiger partial charge is 0.337 e. The molecule has 10 heteroatoms. The second-order valence-electron chi connectivity index (χ2n) is 9.51. The first kappa shape index (κ1) is 28.9. The molecule has 1 saturated carbocycles. The van der Waals surface area contributed by atoms with E-state index < -0.39 is 16.0 Å². The van der Waals surface area contributed by atoms with Crippen molar-refractivity contribution in [3.63, 3.8) is 0 Å². The molecule has 0 heterocycles. The quantitative estimate of drug-likeness (QED) is 0.326. The van der Waals surface area contributed by atoms with Crippen LogP contribution < -0.4 is 19.5 Å². The molecule has 0 bridgehead atoms. The summed E-state index contributed by atoms with van der Waals surface area (Å²) in [4.78, 5) is 24.8. The summed E-state index contributed by atoms with van der Waals surface area (Å²) in [6, 6.07) is 17.6. The lowest BCUT2D eigenvalue weighted by atomic mass is 9.79. The average molecular weight is 567 g/mol. The van der Waals surface area contributed by atoms with Crippen molar-refractivity contribution < 1.29 is 32.2 Å². The summed E-state index contributed by atoms with van der Waals surface area (Å²) < 4.78 is 43.9. The van der Waals surface area contributed by atoms with Crippen LogP contribution in [0.25, 0.3) is 0 Å². The Kier molecular flexibility index (Phi) is 9.31. The fourth-order valence-corrected chi connectivity index (χ4v) is 6.00. The minimum absolute atomic E-state index is 0.00339. The molecular weight excluding hydrogens is 532 g/mol. The summed E-state index contributed by atoms with van der Waals surface area (Å²) in [5, 5.41) is 3.19. The van der Waals surface area contributed by atoms with E-state index in [4.69, 9.17) is 9.47 Å². The highest BCUT2D eigenvalue weighted by atomic mass is 32.2. The number of sulfonamides is 1. The van der Waals surface area contributed by atoms with E-state index in [1.165, 1.54) is 31.4 Å². The van der Waals surface area contributed by atoms with E-state index in [0.717, 1.165) is 31.2 Å². The van der Waals surface area contributed by atoms with Crippen molar-refractivity contribution in [3.8, 4) is 11.5 Å². The lowest BCUT2D eigenvalue weighted by Crippen LogP contribution is -2.41. The lowest BCUT2D eigenvalue weighted by molar-refractivity contribution is 0.0600. The van der Waals surface area contributed by atoms with E-state index in [1.807, 2.05) is 25.1 Å². The molecule has 0 aromatic heterocycles. The number of hydrogen-bond acceptors (Lipinski definition) is 7. The summed E-state index contributed by atoms with van der Waals surface area (Å²) in [6.45, 7) is 2.45. The summed E-state index contributed by atoms with van der Waals surface area (Å²) in [7, 11) is -1.02. The molecule has 0 aliphatic heterocycles. The van der Waals surface area contributed by atoms with E-state index >= 15 is 0 Å². The molecule has 0 unspecified atom stereocenters. The van der Waals surface area contributed by atoms with Gasteiger partial charge in [-0.2, -0.15) is 0 Å². The molecule has 2 atom stereocenters. The molecule has 0 saturated heterocycles.